The summed E-state index contributed by atoms with van der Waals surface area (Å²) in [5.74, 6) is -0.381. The summed E-state index contributed by atoms with van der Waals surface area (Å²) in [6.45, 7) is 7.42. The number of ether oxygens (including phenoxy) is 1. The van der Waals surface area contributed by atoms with E-state index in [-0.39, 0.29) is 22.7 Å². The second kappa shape index (κ2) is 7.59. The molecule has 0 radical (unpaired) electrons. The molecule has 4 nitrogen and oxygen atoms in total. The van der Waals surface area contributed by atoms with Crippen LogP contribution in [0.5, 0.6) is 0 Å². The molecule has 88 valence electrons. The van der Waals surface area contributed by atoms with Crippen molar-refractivity contribution in [3.63, 3.8) is 0 Å². The molecule has 0 fully saturated rings. The Morgan fingerprint density at radius 3 is 2.53 bits per heavy atom. The lowest BCUT2D eigenvalue weighted by Gasteiger charge is -2.18. The average Bonchev–Trinajstić information content (AvgIpc) is 2.11. The molecule has 1 amide bonds. The maximum atomic E-state index is 11.7. The number of nitrogens with one attached hydrogen (secondary N) is 1. The van der Waals surface area contributed by atoms with E-state index in [2.05, 4.69) is 5.32 Å². The minimum atomic E-state index is -0.387. The van der Waals surface area contributed by atoms with Crippen molar-refractivity contribution < 1.29 is 9.53 Å². The number of nitrogens with two attached hydrogens (primary N) is 1. The first kappa shape index (κ1) is 14.3. The summed E-state index contributed by atoms with van der Waals surface area (Å²) in [4.78, 5) is 11.9. The van der Waals surface area contributed by atoms with Gasteiger partial charge in [0, 0.05) is 13.2 Å². The van der Waals surface area contributed by atoms with Crippen molar-refractivity contribution in [1.29, 1.82) is 0 Å². The second-order valence-electron chi connectivity index (χ2n) is 3.61. The van der Waals surface area contributed by atoms with Gasteiger partial charge < -0.3 is 15.8 Å². The third kappa shape index (κ3) is 5.69. The summed E-state index contributed by atoms with van der Waals surface area (Å²) >= 11 is 4.86. The van der Waals surface area contributed by atoms with Crippen LogP contribution in [0.15, 0.2) is 0 Å². The predicted molar refractivity (Wildman–Crippen MR) is 64.6 cm³/mol. The number of rotatable bonds is 7. The lowest BCUT2D eigenvalue weighted by atomic mass is 9.95. The highest BCUT2D eigenvalue weighted by Gasteiger charge is 2.24. The molecular weight excluding hydrogens is 212 g/mol. The van der Waals surface area contributed by atoms with Crippen molar-refractivity contribution in [2.75, 3.05) is 19.8 Å². The summed E-state index contributed by atoms with van der Waals surface area (Å²) in [6, 6.07) is 0. The summed E-state index contributed by atoms with van der Waals surface area (Å²) in [5.41, 5.74) is 5.51. The highest BCUT2D eigenvalue weighted by Crippen LogP contribution is 2.10. The molecule has 15 heavy (non-hydrogen) atoms. The monoisotopic (exact) mass is 232 g/mol. The molecule has 0 aliphatic heterocycles. The number of amides is 1. The quantitative estimate of drug-likeness (QED) is 0.501. The van der Waals surface area contributed by atoms with Gasteiger partial charge in [-0.2, -0.15) is 0 Å². The highest BCUT2D eigenvalue weighted by atomic mass is 32.1. The maximum absolute atomic E-state index is 11.7. The van der Waals surface area contributed by atoms with Gasteiger partial charge in [-0.15, -0.1) is 0 Å². The van der Waals surface area contributed by atoms with Gasteiger partial charge in [0.1, 0.15) is 0 Å². The van der Waals surface area contributed by atoms with Crippen molar-refractivity contribution in [3.05, 3.63) is 0 Å². The van der Waals surface area contributed by atoms with Crippen LogP contribution in [0, 0.1) is 11.8 Å². The van der Waals surface area contributed by atoms with Crippen LogP contribution in [-0.2, 0) is 9.53 Å². The van der Waals surface area contributed by atoms with Gasteiger partial charge in [-0.05, 0) is 12.8 Å². The molecule has 0 aromatic heterocycles. The van der Waals surface area contributed by atoms with E-state index in [1.165, 1.54) is 0 Å². The van der Waals surface area contributed by atoms with Crippen molar-refractivity contribution in [1.82, 2.24) is 5.32 Å². The average molecular weight is 232 g/mol. The van der Waals surface area contributed by atoms with Gasteiger partial charge in [-0.1, -0.05) is 26.1 Å². The number of carbonyl (C=O) groups excluding carboxylic acids is 1. The SMILES string of the molecule is CCOCCNC(=O)C(C(N)=S)C(C)C. The molecule has 5 heteroatoms. The van der Waals surface area contributed by atoms with E-state index in [1.807, 2.05) is 20.8 Å². The standard InChI is InChI=1S/C10H20N2O2S/c1-4-14-6-5-12-10(13)8(7(2)3)9(11)15/h7-8H,4-6H2,1-3H3,(H2,11,15)(H,12,13). The molecule has 0 saturated heterocycles. The summed E-state index contributed by atoms with van der Waals surface area (Å²) in [5, 5.41) is 2.75. The fraction of sp³-hybridized carbons (Fsp3) is 0.800. The van der Waals surface area contributed by atoms with Crippen molar-refractivity contribution in [2.45, 2.75) is 20.8 Å². The Morgan fingerprint density at radius 2 is 2.13 bits per heavy atom. The molecule has 0 aliphatic rings. The first-order valence-electron chi connectivity index (χ1n) is 5.15. The predicted octanol–water partition coefficient (Wildman–Crippen LogP) is 0.697. The molecule has 0 saturated carbocycles. The van der Waals surface area contributed by atoms with Crippen LogP contribution in [0.3, 0.4) is 0 Å². The fourth-order valence-corrected chi connectivity index (χ4v) is 1.64. The Hall–Kier alpha value is -0.680. The molecule has 0 aliphatic carbocycles. The molecule has 1 unspecified atom stereocenters. The van der Waals surface area contributed by atoms with Crippen molar-refractivity contribution >= 4 is 23.1 Å². The highest BCUT2D eigenvalue weighted by molar-refractivity contribution is 7.80. The molecule has 1 atom stereocenters. The van der Waals surface area contributed by atoms with Gasteiger partial charge in [-0.25, -0.2) is 0 Å². The maximum Gasteiger partial charge on any atom is 0.230 e. The van der Waals surface area contributed by atoms with E-state index in [4.69, 9.17) is 22.7 Å². The molecule has 0 aromatic rings. The summed E-state index contributed by atoms with van der Waals surface area (Å²) < 4.78 is 5.11. The van der Waals surface area contributed by atoms with Crippen molar-refractivity contribution in [2.24, 2.45) is 17.6 Å². The molecule has 3 N–H and O–H groups in total. The van der Waals surface area contributed by atoms with E-state index >= 15 is 0 Å². The van der Waals surface area contributed by atoms with E-state index < -0.39 is 0 Å². The van der Waals surface area contributed by atoms with Crippen LogP contribution in [0.4, 0.5) is 0 Å². The number of hydrogen-bond acceptors (Lipinski definition) is 3. The fourth-order valence-electron chi connectivity index (χ4n) is 1.26. The van der Waals surface area contributed by atoms with Gasteiger partial charge in [0.25, 0.3) is 0 Å². The van der Waals surface area contributed by atoms with Gasteiger partial charge >= 0.3 is 0 Å². The van der Waals surface area contributed by atoms with Crippen molar-refractivity contribution in [3.8, 4) is 0 Å². The van der Waals surface area contributed by atoms with Gasteiger partial charge in [0.15, 0.2) is 0 Å². The Bertz CT molecular complexity index is 219. The molecular formula is C10H20N2O2S. The van der Waals surface area contributed by atoms with E-state index in [9.17, 15) is 4.79 Å². The topological polar surface area (TPSA) is 64.3 Å². The molecule has 0 aromatic carbocycles. The first-order chi connectivity index (χ1) is 7.00. The van der Waals surface area contributed by atoms with Gasteiger partial charge in [0.2, 0.25) is 5.91 Å². The molecule has 0 rings (SSSR count). The zero-order chi connectivity index (χ0) is 11.8. The minimum Gasteiger partial charge on any atom is -0.393 e. The Labute approximate surface area is 96.5 Å². The number of hydrogen-bond donors (Lipinski definition) is 2. The number of carbonyl (C=O) groups is 1. The third-order valence-corrected chi connectivity index (χ3v) is 2.26. The first-order valence-corrected chi connectivity index (χ1v) is 5.56. The number of thiocarbonyl (C=S) groups is 1. The van der Waals surface area contributed by atoms with Crippen LogP contribution < -0.4 is 11.1 Å². The van der Waals surface area contributed by atoms with E-state index in [1.54, 1.807) is 0 Å². The van der Waals surface area contributed by atoms with Crippen LogP contribution in [-0.4, -0.2) is 30.7 Å². The Morgan fingerprint density at radius 1 is 1.53 bits per heavy atom. The lowest BCUT2D eigenvalue weighted by molar-refractivity contribution is -0.124. The molecule has 0 bridgehead atoms. The zero-order valence-corrected chi connectivity index (χ0v) is 10.4. The minimum absolute atomic E-state index is 0.114. The molecule has 0 heterocycles. The Balaban J connectivity index is 3.99. The largest absolute Gasteiger partial charge is 0.393 e. The van der Waals surface area contributed by atoms with Crippen LogP contribution in [0.1, 0.15) is 20.8 Å². The van der Waals surface area contributed by atoms with E-state index in [0.29, 0.717) is 19.8 Å². The van der Waals surface area contributed by atoms with Crippen LogP contribution >= 0.6 is 12.2 Å². The third-order valence-electron chi connectivity index (χ3n) is 2.01. The lowest BCUT2D eigenvalue weighted by Crippen LogP contribution is -2.41. The van der Waals surface area contributed by atoms with Crippen LogP contribution in [0.2, 0.25) is 0 Å². The Kier molecular flexibility index (Phi) is 7.25. The second-order valence-corrected chi connectivity index (χ2v) is 4.08. The normalized spacial score (nSPS) is 12.5. The van der Waals surface area contributed by atoms with Gasteiger partial charge in [-0.3, -0.25) is 4.79 Å². The van der Waals surface area contributed by atoms with Gasteiger partial charge in [0.05, 0.1) is 17.5 Å². The summed E-state index contributed by atoms with van der Waals surface area (Å²) in [6.07, 6.45) is 0. The zero-order valence-electron chi connectivity index (χ0n) is 9.58. The van der Waals surface area contributed by atoms with Crippen LogP contribution in [0.25, 0.3) is 0 Å². The summed E-state index contributed by atoms with van der Waals surface area (Å²) in [7, 11) is 0. The van der Waals surface area contributed by atoms with E-state index in [0.717, 1.165) is 0 Å². The smallest absolute Gasteiger partial charge is 0.230 e. The molecule has 0 spiro atoms.